The van der Waals surface area contributed by atoms with Crippen LogP contribution in [-0.2, 0) is 6.42 Å². The van der Waals surface area contributed by atoms with E-state index in [0.717, 1.165) is 29.7 Å². The summed E-state index contributed by atoms with van der Waals surface area (Å²) in [7, 11) is 0. The molecule has 1 aromatic heterocycles. The van der Waals surface area contributed by atoms with Gasteiger partial charge in [-0.1, -0.05) is 6.92 Å². The molecule has 1 aliphatic rings. The minimum absolute atomic E-state index is 0.244. The molecule has 0 amide bonds. The molecule has 0 radical (unpaired) electrons. The van der Waals surface area contributed by atoms with Gasteiger partial charge < -0.3 is 4.98 Å². The molecule has 64 valence electrons. The molecule has 0 fully saturated rings. The van der Waals surface area contributed by atoms with Crippen molar-refractivity contribution < 1.29 is 0 Å². The van der Waals surface area contributed by atoms with E-state index in [4.69, 9.17) is 0 Å². The molecule has 0 spiro atoms. The zero-order valence-electron chi connectivity index (χ0n) is 7.48. The van der Waals surface area contributed by atoms with Gasteiger partial charge in [0, 0.05) is 23.0 Å². The van der Waals surface area contributed by atoms with Crippen molar-refractivity contribution in [3.63, 3.8) is 0 Å². The molecule has 0 saturated carbocycles. The first kappa shape index (κ1) is 7.59. The maximum absolute atomic E-state index is 11.7. The highest BCUT2D eigenvalue weighted by Gasteiger charge is 2.22. The van der Waals surface area contributed by atoms with Crippen LogP contribution >= 0.6 is 0 Å². The van der Waals surface area contributed by atoms with Crippen LogP contribution < -0.4 is 5.43 Å². The lowest BCUT2D eigenvalue weighted by Crippen LogP contribution is -2.13. The van der Waals surface area contributed by atoms with Gasteiger partial charge in [-0.25, -0.2) is 0 Å². The van der Waals surface area contributed by atoms with Gasteiger partial charge in [0.1, 0.15) is 0 Å². The minimum Gasteiger partial charge on any atom is -0.364 e. The van der Waals surface area contributed by atoms with Gasteiger partial charge in [-0.3, -0.25) is 4.79 Å². The molecule has 0 saturated heterocycles. The number of nitrogens with one attached hydrogen (secondary N) is 1. The van der Waals surface area contributed by atoms with Crippen molar-refractivity contribution in [3.05, 3.63) is 33.2 Å². The first-order chi connectivity index (χ1) is 5.70. The van der Waals surface area contributed by atoms with Crippen LogP contribution in [0.3, 0.4) is 0 Å². The summed E-state index contributed by atoms with van der Waals surface area (Å²) >= 11 is 0. The largest absolute Gasteiger partial charge is 0.364 e. The van der Waals surface area contributed by atoms with Crippen LogP contribution in [0, 0.1) is 6.92 Å². The highest BCUT2D eigenvalue weighted by atomic mass is 16.1. The Hall–Kier alpha value is -1.05. The van der Waals surface area contributed by atoms with E-state index in [2.05, 4.69) is 11.9 Å². The Bertz CT molecular complexity index is 365. The third kappa shape index (κ3) is 0.909. The van der Waals surface area contributed by atoms with Gasteiger partial charge in [0.15, 0.2) is 5.43 Å². The molecule has 1 atom stereocenters. The average molecular weight is 163 g/mol. The predicted octanol–water partition coefficient (Wildman–Crippen LogP) is 1.73. The van der Waals surface area contributed by atoms with Crippen molar-refractivity contribution in [3.8, 4) is 0 Å². The maximum atomic E-state index is 11.7. The first-order valence-corrected chi connectivity index (χ1v) is 4.41. The van der Waals surface area contributed by atoms with E-state index in [9.17, 15) is 4.79 Å². The number of aryl methyl sites for hydroxylation is 2. The molecule has 2 rings (SSSR count). The number of H-pyrrole nitrogens is 1. The van der Waals surface area contributed by atoms with E-state index in [1.165, 1.54) is 0 Å². The summed E-state index contributed by atoms with van der Waals surface area (Å²) in [6.45, 7) is 3.99. The van der Waals surface area contributed by atoms with Gasteiger partial charge in [0.25, 0.3) is 0 Å². The van der Waals surface area contributed by atoms with Crippen molar-refractivity contribution >= 4 is 0 Å². The summed E-state index contributed by atoms with van der Waals surface area (Å²) in [4.78, 5) is 14.8. The zero-order chi connectivity index (χ0) is 8.72. The van der Waals surface area contributed by atoms with Gasteiger partial charge in [-0.05, 0) is 25.7 Å². The number of aromatic nitrogens is 1. The van der Waals surface area contributed by atoms with Crippen molar-refractivity contribution in [1.82, 2.24) is 4.98 Å². The number of hydrogen-bond donors (Lipinski definition) is 1. The molecule has 2 nitrogen and oxygen atoms in total. The predicted molar refractivity (Wildman–Crippen MR) is 48.5 cm³/mol. The fraction of sp³-hybridized carbons (Fsp3) is 0.500. The summed E-state index contributed by atoms with van der Waals surface area (Å²) in [5, 5.41) is 0. The average Bonchev–Trinajstić information content (AvgIpc) is 2.41. The third-order valence-corrected chi connectivity index (χ3v) is 2.71. The van der Waals surface area contributed by atoms with Gasteiger partial charge >= 0.3 is 0 Å². The Morgan fingerprint density at radius 3 is 3.08 bits per heavy atom. The molecule has 0 aliphatic heterocycles. The molecular formula is C10H13NO. The Morgan fingerprint density at radius 2 is 2.33 bits per heavy atom. The van der Waals surface area contributed by atoms with Crippen molar-refractivity contribution in [1.29, 1.82) is 0 Å². The van der Waals surface area contributed by atoms with Crippen molar-refractivity contribution in [2.45, 2.75) is 32.6 Å². The van der Waals surface area contributed by atoms with Crippen molar-refractivity contribution in [2.24, 2.45) is 0 Å². The molecule has 1 aromatic rings. The van der Waals surface area contributed by atoms with Crippen LogP contribution in [0.4, 0.5) is 0 Å². The summed E-state index contributed by atoms with van der Waals surface area (Å²) in [5.74, 6) is 0.448. The lowest BCUT2D eigenvalue weighted by atomic mass is 10.0. The Balaban J connectivity index is 2.71. The highest BCUT2D eigenvalue weighted by molar-refractivity contribution is 5.31. The number of hydrogen-bond acceptors (Lipinski definition) is 1. The molecule has 12 heavy (non-hydrogen) atoms. The number of aromatic amines is 1. The van der Waals surface area contributed by atoms with E-state index in [1.54, 1.807) is 0 Å². The van der Waals surface area contributed by atoms with Gasteiger partial charge in [-0.2, -0.15) is 0 Å². The third-order valence-electron chi connectivity index (χ3n) is 2.71. The van der Waals surface area contributed by atoms with E-state index in [-0.39, 0.29) is 5.43 Å². The number of fused-ring (bicyclic) bond motifs is 1. The van der Waals surface area contributed by atoms with Gasteiger partial charge in [0.05, 0.1) is 0 Å². The lowest BCUT2D eigenvalue weighted by Gasteiger charge is -2.03. The van der Waals surface area contributed by atoms with E-state index < -0.39 is 0 Å². The summed E-state index contributed by atoms with van der Waals surface area (Å²) in [6, 6.07) is 0. The van der Waals surface area contributed by atoms with Crippen molar-refractivity contribution in [2.75, 3.05) is 0 Å². The standard InChI is InChI=1S/C10H13NO/c1-6-3-4-8-9(6)10(12)7(2)5-11-8/h5-6H,3-4H2,1-2H3,(H,11,12). The van der Waals surface area contributed by atoms with Crippen LogP contribution in [0.5, 0.6) is 0 Å². The molecule has 1 N–H and O–H groups in total. The van der Waals surface area contributed by atoms with E-state index in [1.807, 2.05) is 13.1 Å². The molecule has 2 heteroatoms. The van der Waals surface area contributed by atoms with Crippen LogP contribution in [0.25, 0.3) is 0 Å². The summed E-state index contributed by atoms with van der Waals surface area (Å²) in [6.07, 6.45) is 3.97. The van der Waals surface area contributed by atoms with Crippen LogP contribution in [0.1, 0.15) is 36.1 Å². The quantitative estimate of drug-likeness (QED) is 0.620. The second-order valence-electron chi connectivity index (χ2n) is 3.63. The second kappa shape index (κ2) is 2.47. The summed E-state index contributed by atoms with van der Waals surface area (Å²) < 4.78 is 0. The van der Waals surface area contributed by atoms with E-state index in [0.29, 0.717) is 5.92 Å². The molecule has 1 aliphatic carbocycles. The number of rotatable bonds is 0. The normalized spacial score (nSPS) is 21.0. The monoisotopic (exact) mass is 163 g/mol. The maximum Gasteiger partial charge on any atom is 0.188 e. The smallest absolute Gasteiger partial charge is 0.188 e. The van der Waals surface area contributed by atoms with Crippen LogP contribution in [-0.4, -0.2) is 4.98 Å². The Morgan fingerprint density at radius 1 is 1.58 bits per heavy atom. The van der Waals surface area contributed by atoms with E-state index >= 15 is 0 Å². The molecule has 0 aromatic carbocycles. The lowest BCUT2D eigenvalue weighted by molar-refractivity contribution is 0.742. The Kier molecular flexibility index (Phi) is 1.56. The molecule has 1 heterocycles. The zero-order valence-corrected chi connectivity index (χ0v) is 7.48. The number of pyridine rings is 1. The highest BCUT2D eigenvalue weighted by Crippen LogP contribution is 2.28. The van der Waals surface area contributed by atoms with Gasteiger partial charge in [0.2, 0.25) is 0 Å². The Labute approximate surface area is 71.6 Å². The molecule has 0 bridgehead atoms. The van der Waals surface area contributed by atoms with Crippen LogP contribution in [0.15, 0.2) is 11.0 Å². The summed E-state index contributed by atoms with van der Waals surface area (Å²) in [5.41, 5.74) is 3.25. The topological polar surface area (TPSA) is 32.9 Å². The fourth-order valence-electron chi connectivity index (χ4n) is 1.92. The van der Waals surface area contributed by atoms with Gasteiger partial charge in [-0.15, -0.1) is 0 Å². The second-order valence-corrected chi connectivity index (χ2v) is 3.63. The van der Waals surface area contributed by atoms with Crippen LogP contribution in [0.2, 0.25) is 0 Å². The SMILES string of the molecule is Cc1c[nH]c2c(c1=O)C(C)CC2. The molecule has 1 unspecified atom stereocenters. The molecular weight excluding hydrogens is 150 g/mol. The first-order valence-electron chi connectivity index (χ1n) is 4.41. The fourth-order valence-corrected chi connectivity index (χ4v) is 1.92. The minimum atomic E-state index is 0.244.